The maximum Gasteiger partial charge on any atom is 0.0445 e. The number of anilines is 1. The zero-order chi connectivity index (χ0) is 12.0. The van der Waals surface area contributed by atoms with Crippen molar-refractivity contribution in [1.29, 1.82) is 0 Å². The Balaban J connectivity index is 2.91. The van der Waals surface area contributed by atoms with Crippen LogP contribution in [0.2, 0.25) is 0 Å². The normalized spacial score (nSPS) is 10.8. The number of hydrogen-bond donors (Lipinski definition) is 1. The largest absolute Gasteiger partial charge is 0.369 e. The third-order valence-corrected chi connectivity index (χ3v) is 2.72. The van der Waals surface area contributed by atoms with Crippen LogP contribution in [-0.2, 0) is 6.54 Å². The van der Waals surface area contributed by atoms with Gasteiger partial charge in [0.15, 0.2) is 0 Å². The monoisotopic (exact) mass is 221 g/mol. The van der Waals surface area contributed by atoms with E-state index in [1.54, 1.807) is 0 Å². The first-order valence-corrected chi connectivity index (χ1v) is 6.10. The summed E-state index contributed by atoms with van der Waals surface area (Å²) in [7, 11) is 0. The van der Waals surface area contributed by atoms with Crippen LogP contribution in [0.15, 0.2) is 18.5 Å². The van der Waals surface area contributed by atoms with Crippen molar-refractivity contribution in [2.24, 2.45) is 0 Å². The van der Waals surface area contributed by atoms with Crippen LogP contribution in [0.5, 0.6) is 0 Å². The van der Waals surface area contributed by atoms with Gasteiger partial charge >= 0.3 is 0 Å². The molecule has 1 aromatic heterocycles. The molecular weight excluding hydrogens is 198 g/mol. The molecule has 1 aromatic rings. The molecule has 0 aromatic carbocycles. The van der Waals surface area contributed by atoms with Gasteiger partial charge < -0.3 is 10.2 Å². The number of aromatic nitrogens is 1. The average molecular weight is 221 g/mol. The quantitative estimate of drug-likeness (QED) is 0.799. The molecule has 1 heterocycles. The van der Waals surface area contributed by atoms with E-state index in [2.05, 4.69) is 49.0 Å². The average Bonchev–Trinajstić information content (AvgIpc) is 2.28. The van der Waals surface area contributed by atoms with Crippen LogP contribution in [0.3, 0.4) is 0 Å². The first-order chi connectivity index (χ1) is 7.70. The minimum absolute atomic E-state index is 0.521. The Morgan fingerprint density at radius 1 is 1.38 bits per heavy atom. The molecule has 0 unspecified atom stereocenters. The van der Waals surface area contributed by atoms with Crippen molar-refractivity contribution >= 4 is 5.69 Å². The number of nitrogens with one attached hydrogen (secondary N) is 1. The summed E-state index contributed by atoms with van der Waals surface area (Å²) in [5.74, 6) is 0. The van der Waals surface area contributed by atoms with E-state index in [1.807, 2.05) is 12.4 Å². The first kappa shape index (κ1) is 13.0. The molecule has 0 saturated heterocycles. The molecule has 0 aliphatic rings. The number of hydrogen-bond acceptors (Lipinski definition) is 3. The summed E-state index contributed by atoms with van der Waals surface area (Å²) < 4.78 is 0. The lowest BCUT2D eigenvalue weighted by atomic mass is 10.1. The number of pyridine rings is 1. The first-order valence-electron chi connectivity index (χ1n) is 6.10. The van der Waals surface area contributed by atoms with Crippen LogP contribution < -0.4 is 10.2 Å². The minimum atomic E-state index is 0.521. The van der Waals surface area contributed by atoms with E-state index in [0.29, 0.717) is 6.04 Å². The minimum Gasteiger partial charge on any atom is -0.369 e. The third-order valence-electron chi connectivity index (χ3n) is 2.72. The Labute approximate surface area is 98.9 Å². The SMILES string of the molecule is CCNCc1cnccc1N(CC)C(C)C. The van der Waals surface area contributed by atoms with Gasteiger partial charge in [0.25, 0.3) is 0 Å². The Bertz CT molecular complexity index is 310. The fourth-order valence-corrected chi connectivity index (χ4v) is 1.91. The molecule has 90 valence electrons. The van der Waals surface area contributed by atoms with E-state index in [9.17, 15) is 0 Å². The topological polar surface area (TPSA) is 28.2 Å². The molecule has 3 nitrogen and oxygen atoms in total. The fourth-order valence-electron chi connectivity index (χ4n) is 1.91. The Morgan fingerprint density at radius 3 is 2.69 bits per heavy atom. The molecule has 0 fully saturated rings. The summed E-state index contributed by atoms with van der Waals surface area (Å²) in [5, 5.41) is 3.36. The van der Waals surface area contributed by atoms with Crippen molar-refractivity contribution in [2.45, 2.75) is 40.3 Å². The van der Waals surface area contributed by atoms with Crippen LogP contribution in [0.1, 0.15) is 33.3 Å². The van der Waals surface area contributed by atoms with Crippen LogP contribution >= 0.6 is 0 Å². The van der Waals surface area contributed by atoms with Gasteiger partial charge in [0, 0.05) is 42.8 Å². The van der Waals surface area contributed by atoms with Crippen molar-refractivity contribution in [3.05, 3.63) is 24.0 Å². The van der Waals surface area contributed by atoms with Crippen molar-refractivity contribution in [1.82, 2.24) is 10.3 Å². The summed E-state index contributed by atoms with van der Waals surface area (Å²) in [6.45, 7) is 11.7. The van der Waals surface area contributed by atoms with Crippen LogP contribution in [-0.4, -0.2) is 24.1 Å². The predicted molar refractivity (Wildman–Crippen MR) is 69.8 cm³/mol. The molecule has 0 atom stereocenters. The zero-order valence-corrected chi connectivity index (χ0v) is 10.8. The van der Waals surface area contributed by atoms with E-state index < -0.39 is 0 Å². The highest BCUT2D eigenvalue weighted by Gasteiger charge is 2.11. The second-order valence-corrected chi connectivity index (χ2v) is 4.16. The highest BCUT2D eigenvalue weighted by molar-refractivity contribution is 5.52. The molecule has 0 bridgehead atoms. The second-order valence-electron chi connectivity index (χ2n) is 4.16. The summed E-state index contributed by atoms with van der Waals surface area (Å²) in [4.78, 5) is 6.60. The van der Waals surface area contributed by atoms with Gasteiger partial charge in [-0.15, -0.1) is 0 Å². The number of nitrogens with zero attached hydrogens (tertiary/aromatic N) is 2. The summed E-state index contributed by atoms with van der Waals surface area (Å²) in [6, 6.07) is 2.63. The van der Waals surface area contributed by atoms with Gasteiger partial charge in [0.2, 0.25) is 0 Å². The molecule has 3 heteroatoms. The summed E-state index contributed by atoms with van der Waals surface area (Å²) >= 11 is 0. The highest BCUT2D eigenvalue weighted by Crippen LogP contribution is 2.21. The molecule has 1 N–H and O–H groups in total. The Kier molecular flexibility index (Phi) is 5.26. The molecule has 0 radical (unpaired) electrons. The lowest BCUT2D eigenvalue weighted by Crippen LogP contribution is -2.31. The molecule has 0 aliphatic heterocycles. The van der Waals surface area contributed by atoms with E-state index in [-0.39, 0.29) is 0 Å². The summed E-state index contributed by atoms with van der Waals surface area (Å²) in [6.07, 6.45) is 3.83. The highest BCUT2D eigenvalue weighted by atomic mass is 15.2. The number of rotatable bonds is 6. The smallest absolute Gasteiger partial charge is 0.0445 e. The van der Waals surface area contributed by atoms with Gasteiger partial charge in [-0.25, -0.2) is 0 Å². The van der Waals surface area contributed by atoms with Crippen LogP contribution in [0, 0.1) is 0 Å². The molecule has 1 rings (SSSR count). The summed E-state index contributed by atoms with van der Waals surface area (Å²) in [5.41, 5.74) is 2.58. The predicted octanol–water partition coefficient (Wildman–Crippen LogP) is 2.43. The van der Waals surface area contributed by atoms with Gasteiger partial charge in [-0.05, 0) is 33.4 Å². The lowest BCUT2D eigenvalue weighted by Gasteiger charge is -2.29. The van der Waals surface area contributed by atoms with Crippen molar-refractivity contribution in [3.63, 3.8) is 0 Å². The van der Waals surface area contributed by atoms with Gasteiger partial charge in [-0.3, -0.25) is 4.98 Å². The maximum atomic E-state index is 4.21. The van der Waals surface area contributed by atoms with E-state index in [0.717, 1.165) is 19.6 Å². The van der Waals surface area contributed by atoms with Crippen molar-refractivity contribution in [3.8, 4) is 0 Å². The van der Waals surface area contributed by atoms with Gasteiger partial charge in [-0.1, -0.05) is 6.92 Å². The molecule has 0 saturated carbocycles. The molecule has 0 aliphatic carbocycles. The van der Waals surface area contributed by atoms with Crippen molar-refractivity contribution in [2.75, 3.05) is 18.0 Å². The van der Waals surface area contributed by atoms with E-state index in [4.69, 9.17) is 0 Å². The Morgan fingerprint density at radius 2 is 2.12 bits per heavy atom. The molecular formula is C13H23N3. The van der Waals surface area contributed by atoms with E-state index >= 15 is 0 Å². The standard InChI is InChI=1S/C13H23N3/c1-5-14-9-12-10-15-8-7-13(12)16(6-2)11(3)4/h7-8,10-11,14H,5-6,9H2,1-4H3. The molecule has 0 spiro atoms. The zero-order valence-electron chi connectivity index (χ0n) is 10.8. The maximum absolute atomic E-state index is 4.21. The molecule has 0 amide bonds. The third kappa shape index (κ3) is 3.20. The van der Waals surface area contributed by atoms with Gasteiger partial charge in [0.1, 0.15) is 0 Å². The van der Waals surface area contributed by atoms with Gasteiger partial charge in [-0.2, -0.15) is 0 Å². The lowest BCUT2D eigenvalue weighted by molar-refractivity contribution is 0.682. The fraction of sp³-hybridized carbons (Fsp3) is 0.615. The van der Waals surface area contributed by atoms with E-state index in [1.165, 1.54) is 11.3 Å². The molecule has 16 heavy (non-hydrogen) atoms. The van der Waals surface area contributed by atoms with Crippen LogP contribution in [0.4, 0.5) is 5.69 Å². The Hall–Kier alpha value is -1.09. The second kappa shape index (κ2) is 6.48. The van der Waals surface area contributed by atoms with Crippen LogP contribution in [0.25, 0.3) is 0 Å². The van der Waals surface area contributed by atoms with Gasteiger partial charge in [0.05, 0.1) is 0 Å². The van der Waals surface area contributed by atoms with Crippen molar-refractivity contribution < 1.29 is 0 Å².